The highest BCUT2D eigenvalue weighted by molar-refractivity contribution is 9.10. The quantitative estimate of drug-likeness (QED) is 0.476. The summed E-state index contributed by atoms with van der Waals surface area (Å²) in [6.45, 7) is 10.3. The van der Waals surface area contributed by atoms with E-state index >= 15 is 0 Å². The number of rotatable bonds is 5. The van der Waals surface area contributed by atoms with Gasteiger partial charge in [-0.3, -0.25) is 14.5 Å². The van der Waals surface area contributed by atoms with Crippen LogP contribution >= 0.6 is 31.9 Å². The molecule has 3 heterocycles. The molecule has 0 bridgehead atoms. The van der Waals surface area contributed by atoms with Gasteiger partial charge in [0.2, 0.25) is 0 Å². The van der Waals surface area contributed by atoms with E-state index in [9.17, 15) is 14.4 Å². The van der Waals surface area contributed by atoms with Gasteiger partial charge in [-0.15, -0.1) is 5.06 Å². The molecule has 3 saturated heterocycles. The first-order valence-electron chi connectivity index (χ1n) is 13.3. The van der Waals surface area contributed by atoms with Crippen molar-refractivity contribution in [1.82, 2.24) is 19.8 Å². The van der Waals surface area contributed by atoms with Crippen LogP contribution in [0.5, 0.6) is 0 Å². The van der Waals surface area contributed by atoms with Gasteiger partial charge in [0.25, 0.3) is 11.8 Å². The van der Waals surface area contributed by atoms with E-state index in [1.165, 1.54) is 0 Å². The summed E-state index contributed by atoms with van der Waals surface area (Å²) in [5, 5.41) is 1.85. The summed E-state index contributed by atoms with van der Waals surface area (Å²) in [6.07, 6.45) is 0. The molecule has 10 heteroatoms. The average Bonchev–Trinajstić information content (AvgIpc) is 2.83. The number of benzene rings is 2. The van der Waals surface area contributed by atoms with Crippen LogP contribution in [0, 0.1) is 11.3 Å². The van der Waals surface area contributed by atoms with Crippen molar-refractivity contribution in [3.63, 3.8) is 0 Å². The van der Waals surface area contributed by atoms with Gasteiger partial charge in [0.15, 0.2) is 0 Å². The second-order valence-electron chi connectivity index (χ2n) is 11.7. The summed E-state index contributed by atoms with van der Waals surface area (Å²) >= 11 is 6.84. The predicted molar refractivity (Wildman–Crippen MR) is 155 cm³/mol. The molecule has 39 heavy (non-hydrogen) atoms. The van der Waals surface area contributed by atoms with Gasteiger partial charge in [0.05, 0.1) is 11.5 Å². The molecule has 208 valence electrons. The summed E-state index contributed by atoms with van der Waals surface area (Å²) in [6, 6.07) is 15.1. The van der Waals surface area contributed by atoms with Crippen LogP contribution in [0.1, 0.15) is 41.5 Å². The predicted octanol–water partition coefficient (Wildman–Crippen LogP) is 4.30. The maximum atomic E-state index is 13.0. The number of hydroxylamine groups is 2. The van der Waals surface area contributed by atoms with Crippen LogP contribution in [0.15, 0.2) is 57.5 Å². The van der Waals surface area contributed by atoms with E-state index < -0.39 is 5.41 Å². The zero-order valence-electron chi connectivity index (χ0n) is 22.5. The third-order valence-electron chi connectivity index (χ3n) is 7.80. The van der Waals surface area contributed by atoms with Crippen molar-refractivity contribution in [2.45, 2.75) is 32.9 Å². The molecule has 2 aromatic carbocycles. The van der Waals surface area contributed by atoms with Crippen molar-refractivity contribution < 1.29 is 19.2 Å². The van der Waals surface area contributed by atoms with Crippen LogP contribution in [-0.2, 0) is 9.63 Å². The lowest BCUT2D eigenvalue weighted by atomic mass is 9.88. The first-order chi connectivity index (χ1) is 18.5. The Hall–Kier alpha value is -2.27. The summed E-state index contributed by atoms with van der Waals surface area (Å²) in [7, 11) is 0. The van der Waals surface area contributed by atoms with Crippen molar-refractivity contribution in [3.8, 4) is 0 Å². The third kappa shape index (κ3) is 6.24. The minimum absolute atomic E-state index is 0.0183. The van der Waals surface area contributed by atoms with E-state index in [0.717, 1.165) is 22.0 Å². The second kappa shape index (κ2) is 11.3. The SMILES string of the molecule is CC(C)(C)C(=O)ON1CCN(C2CN(C(=O)c3ccc(Br)cc3)C2)CC1C1CN(C(=O)c2ccc(Br)cc2)C1. The van der Waals surface area contributed by atoms with Gasteiger partial charge in [-0.2, -0.15) is 0 Å². The van der Waals surface area contributed by atoms with Gasteiger partial charge in [-0.1, -0.05) is 31.9 Å². The highest BCUT2D eigenvalue weighted by atomic mass is 79.9. The summed E-state index contributed by atoms with van der Waals surface area (Å²) in [5.41, 5.74) is 0.758. The molecule has 2 amide bonds. The fraction of sp³-hybridized carbons (Fsp3) is 0.483. The number of hydrogen-bond donors (Lipinski definition) is 0. The standard InChI is InChI=1S/C29H34Br2N4O4/c1-29(2,3)28(38)39-35-13-12-32(24-16-34(17-24)27(37)20-6-10-23(31)11-7-20)18-25(35)21-14-33(15-21)26(36)19-4-8-22(30)9-5-19/h4-11,21,24-25H,12-18H2,1-3H3. The Balaban J connectivity index is 1.22. The molecule has 3 aliphatic heterocycles. The van der Waals surface area contributed by atoms with E-state index in [0.29, 0.717) is 43.9 Å². The Bertz CT molecular complexity index is 1220. The maximum absolute atomic E-state index is 13.0. The number of halogens is 2. The van der Waals surface area contributed by atoms with Crippen LogP contribution in [0.2, 0.25) is 0 Å². The van der Waals surface area contributed by atoms with Crippen molar-refractivity contribution in [3.05, 3.63) is 68.6 Å². The van der Waals surface area contributed by atoms with Crippen LogP contribution in [-0.4, -0.2) is 95.4 Å². The Morgan fingerprint density at radius 3 is 1.72 bits per heavy atom. The molecule has 0 aliphatic carbocycles. The van der Waals surface area contributed by atoms with Gasteiger partial charge >= 0.3 is 5.97 Å². The van der Waals surface area contributed by atoms with E-state index in [2.05, 4.69) is 36.8 Å². The normalized spacial score (nSPS) is 21.3. The smallest absolute Gasteiger partial charge is 0.330 e. The van der Waals surface area contributed by atoms with Crippen LogP contribution in [0.25, 0.3) is 0 Å². The van der Waals surface area contributed by atoms with Crippen molar-refractivity contribution in [2.24, 2.45) is 11.3 Å². The molecule has 0 radical (unpaired) electrons. The number of likely N-dealkylation sites (tertiary alicyclic amines) is 2. The van der Waals surface area contributed by atoms with Crippen LogP contribution in [0.3, 0.4) is 0 Å². The first-order valence-corrected chi connectivity index (χ1v) is 14.9. The van der Waals surface area contributed by atoms with E-state index in [-0.39, 0.29) is 35.8 Å². The summed E-state index contributed by atoms with van der Waals surface area (Å²) in [5.74, 6) is 0.0124. The van der Waals surface area contributed by atoms with Gasteiger partial charge in [0.1, 0.15) is 0 Å². The molecule has 5 rings (SSSR count). The van der Waals surface area contributed by atoms with E-state index in [4.69, 9.17) is 4.84 Å². The maximum Gasteiger partial charge on any atom is 0.330 e. The van der Waals surface area contributed by atoms with E-state index in [1.807, 2.05) is 84.2 Å². The largest absolute Gasteiger partial charge is 0.367 e. The number of nitrogens with zero attached hydrogens (tertiary/aromatic N) is 4. The molecule has 0 aromatic heterocycles. The molecule has 0 spiro atoms. The molecular weight excluding hydrogens is 628 g/mol. The van der Waals surface area contributed by atoms with Crippen LogP contribution < -0.4 is 0 Å². The third-order valence-corrected chi connectivity index (χ3v) is 8.86. The lowest BCUT2D eigenvalue weighted by Crippen LogP contribution is -2.69. The Morgan fingerprint density at radius 2 is 1.23 bits per heavy atom. The van der Waals surface area contributed by atoms with Gasteiger partial charge in [-0.25, -0.2) is 4.79 Å². The molecule has 2 aromatic rings. The van der Waals surface area contributed by atoms with Crippen molar-refractivity contribution >= 4 is 49.6 Å². The zero-order valence-corrected chi connectivity index (χ0v) is 25.7. The van der Waals surface area contributed by atoms with Gasteiger partial charge in [0, 0.05) is 77.8 Å². The Labute approximate surface area is 246 Å². The van der Waals surface area contributed by atoms with Gasteiger partial charge in [-0.05, 0) is 69.3 Å². The molecule has 8 nitrogen and oxygen atoms in total. The molecule has 1 atom stereocenters. The fourth-order valence-corrected chi connectivity index (χ4v) is 5.74. The van der Waals surface area contributed by atoms with E-state index in [1.54, 1.807) is 0 Å². The average molecular weight is 662 g/mol. The molecular formula is C29H34Br2N4O4. The zero-order chi connectivity index (χ0) is 27.9. The highest BCUT2D eigenvalue weighted by Crippen LogP contribution is 2.31. The Kier molecular flexibility index (Phi) is 8.20. The highest BCUT2D eigenvalue weighted by Gasteiger charge is 2.46. The number of hydrogen-bond acceptors (Lipinski definition) is 6. The topological polar surface area (TPSA) is 73.4 Å². The summed E-state index contributed by atoms with van der Waals surface area (Å²) < 4.78 is 1.89. The minimum Gasteiger partial charge on any atom is -0.367 e. The monoisotopic (exact) mass is 660 g/mol. The lowest BCUT2D eigenvalue weighted by Gasteiger charge is -2.53. The number of amides is 2. The number of carbonyl (C=O) groups excluding carboxylic acids is 3. The lowest BCUT2D eigenvalue weighted by molar-refractivity contribution is -0.234. The molecule has 3 aliphatic rings. The van der Waals surface area contributed by atoms with Gasteiger partial charge < -0.3 is 14.6 Å². The second-order valence-corrected chi connectivity index (χ2v) is 13.5. The van der Waals surface area contributed by atoms with Crippen LogP contribution in [0.4, 0.5) is 0 Å². The minimum atomic E-state index is -0.604. The Morgan fingerprint density at radius 1 is 0.744 bits per heavy atom. The molecule has 0 saturated carbocycles. The van der Waals surface area contributed by atoms with Crippen molar-refractivity contribution in [1.29, 1.82) is 0 Å². The number of carbonyl (C=O) groups is 3. The van der Waals surface area contributed by atoms with Crippen molar-refractivity contribution in [2.75, 3.05) is 45.8 Å². The fourth-order valence-electron chi connectivity index (χ4n) is 5.21. The molecule has 0 N–H and O–H groups in total. The first kappa shape index (κ1) is 28.3. The summed E-state index contributed by atoms with van der Waals surface area (Å²) in [4.78, 5) is 50.7. The molecule has 3 fully saturated rings. The molecule has 1 unspecified atom stereocenters. The number of piperazine rings is 1.